The second kappa shape index (κ2) is 5.86. The van der Waals surface area contributed by atoms with Crippen molar-refractivity contribution in [2.75, 3.05) is 18.0 Å². The van der Waals surface area contributed by atoms with Gasteiger partial charge in [-0.1, -0.05) is 30.3 Å². The van der Waals surface area contributed by atoms with E-state index < -0.39 is 0 Å². The zero-order chi connectivity index (χ0) is 14.8. The largest absolute Gasteiger partial charge is 0.362 e. The molecule has 2 aromatic rings. The molecular formula is C18H21FN2. The molecule has 110 valence electrons. The number of nitrogens with one attached hydrogen (secondary N) is 1. The molecule has 0 saturated carbocycles. The molecule has 1 heterocycles. The molecule has 1 aliphatic heterocycles. The monoisotopic (exact) mass is 284 g/mol. The van der Waals surface area contributed by atoms with E-state index in [4.69, 9.17) is 0 Å². The molecule has 2 atom stereocenters. The highest BCUT2D eigenvalue weighted by molar-refractivity contribution is 5.52. The Labute approximate surface area is 125 Å². The van der Waals surface area contributed by atoms with E-state index >= 15 is 0 Å². The molecular weight excluding hydrogens is 263 g/mol. The Hall–Kier alpha value is -1.87. The van der Waals surface area contributed by atoms with Crippen LogP contribution in [0.1, 0.15) is 24.1 Å². The molecule has 21 heavy (non-hydrogen) atoms. The standard InChI is InChI=1S/C18H21FN2/c1-13-8-16(19)10-17(9-13)21-12-14(2)20-11-18(21)15-6-4-3-5-7-15/h3-10,14,18,20H,11-12H2,1-2H3. The fourth-order valence-corrected chi connectivity index (χ4v) is 3.05. The summed E-state index contributed by atoms with van der Waals surface area (Å²) in [6, 6.07) is 16.3. The predicted octanol–water partition coefficient (Wildman–Crippen LogP) is 3.67. The van der Waals surface area contributed by atoms with Gasteiger partial charge in [0.05, 0.1) is 6.04 Å². The Morgan fingerprint density at radius 1 is 1.14 bits per heavy atom. The van der Waals surface area contributed by atoms with Gasteiger partial charge in [-0.15, -0.1) is 0 Å². The summed E-state index contributed by atoms with van der Waals surface area (Å²) in [5.41, 5.74) is 3.19. The summed E-state index contributed by atoms with van der Waals surface area (Å²) < 4.78 is 13.8. The lowest BCUT2D eigenvalue weighted by molar-refractivity contribution is 0.416. The molecule has 0 amide bonds. The van der Waals surface area contributed by atoms with Crippen LogP contribution in [-0.4, -0.2) is 19.1 Å². The van der Waals surface area contributed by atoms with Crippen LogP contribution >= 0.6 is 0 Å². The van der Waals surface area contributed by atoms with Gasteiger partial charge in [-0.25, -0.2) is 4.39 Å². The van der Waals surface area contributed by atoms with E-state index in [1.54, 1.807) is 12.1 Å². The molecule has 0 aromatic heterocycles. The van der Waals surface area contributed by atoms with E-state index in [1.807, 2.05) is 13.0 Å². The van der Waals surface area contributed by atoms with Gasteiger partial charge in [-0.3, -0.25) is 0 Å². The second-order valence-electron chi connectivity index (χ2n) is 5.87. The van der Waals surface area contributed by atoms with Crippen molar-refractivity contribution < 1.29 is 4.39 Å². The van der Waals surface area contributed by atoms with E-state index in [2.05, 4.69) is 47.5 Å². The van der Waals surface area contributed by atoms with Crippen LogP contribution in [-0.2, 0) is 0 Å². The summed E-state index contributed by atoms with van der Waals surface area (Å²) in [6.07, 6.45) is 0. The van der Waals surface area contributed by atoms with Gasteiger partial charge < -0.3 is 10.2 Å². The molecule has 1 fully saturated rings. The zero-order valence-corrected chi connectivity index (χ0v) is 12.5. The smallest absolute Gasteiger partial charge is 0.125 e. The molecule has 2 nitrogen and oxygen atoms in total. The topological polar surface area (TPSA) is 15.3 Å². The summed E-state index contributed by atoms with van der Waals surface area (Å²) >= 11 is 0. The number of aryl methyl sites for hydroxylation is 1. The molecule has 0 bridgehead atoms. The maximum Gasteiger partial charge on any atom is 0.125 e. The number of rotatable bonds is 2. The van der Waals surface area contributed by atoms with Crippen LogP contribution in [0.5, 0.6) is 0 Å². The van der Waals surface area contributed by atoms with Crippen LogP contribution in [0, 0.1) is 12.7 Å². The summed E-state index contributed by atoms with van der Waals surface area (Å²) in [4.78, 5) is 2.31. The number of hydrogen-bond acceptors (Lipinski definition) is 2. The molecule has 1 saturated heterocycles. The van der Waals surface area contributed by atoms with Gasteiger partial charge in [-0.2, -0.15) is 0 Å². The molecule has 0 spiro atoms. The Bertz CT molecular complexity index is 592. The van der Waals surface area contributed by atoms with Gasteiger partial charge in [0, 0.05) is 24.8 Å². The Kier molecular flexibility index (Phi) is 3.93. The minimum atomic E-state index is -0.164. The van der Waals surface area contributed by atoms with Crippen molar-refractivity contribution >= 4 is 5.69 Å². The van der Waals surface area contributed by atoms with Crippen molar-refractivity contribution in [3.63, 3.8) is 0 Å². The lowest BCUT2D eigenvalue weighted by Gasteiger charge is -2.41. The molecule has 3 rings (SSSR count). The number of nitrogens with zero attached hydrogens (tertiary/aromatic N) is 1. The second-order valence-corrected chi connectivity index (χ2v) is 5.87. The average molecular weight is 284 g/mol. The minimum Gasteiger partial charge on any atom is -0.362 e. The third-order valence-electron chi connectivity index (χ3n) is 4.05. The fourth-order valence-electron chi connectivity index (χ4n) is 3.05. The fraction of sp³-hybridized carbons (Fsp3) is 0.333. The Morgan fingerprint density at radius 2 is 1.90 bits per heavy atom. The molecule has 2 unspecified atom stereocenters. The Balaban J connectivity index is 1.98. The molecule has 3 heteroatoms. The maximum atomic E-state index is 13.8. The van der Waals surface area contributed by atoms with Crippen molar-refractivity contribution in [1.82, 2.24) is 5.32 Å². The first-order valence-corrected chi connectivity index (χ1v) is 7.45. The molecule has 0 radical (unpaired) electrons. The van der Waals surface area contributed by atoms with E-state index in [0.717, 1.165) is 24.3 Å². The first-order chi connectivity index (χ1) is 10.1. The van der Waals surface area contributed by atoms with Crippen LogP contribution in [0.3, 0.4) is 0 Å². The van der Waals surface area contributed by atoms with Crippen molar-refractivity contribution in [3.05, 3.63) is 65.5 Å². The minimum absolute atomic E-state index is 0.164. The lowest BCUT2D eigenvalue weighted by atomic mass is 10.00. The number of hydrogen-bond donors (Lipinski definition) is 1. The lowest BCUT2D eigenvalue weighted by Crippen LogP contribution is -2.51. The normalized spacial score (nSPS) is 22.3. The van der Waals surface area contributed by atoms with Crippen molar-refractivity contribution in [2.45, 2.75) is 25.9 Å². The van der Waals surface area contributed by atoms with Crippen molar-refractivity contribution in [1.29, 1.82) is 0 Å². The number of benzene rings is 2. The summed E-state index contributed by atoms with van der Waals surface area (Å²) in [5.74, 6) is -0.164. The highest BCUT2D eigenvalue weighted by Crippen LogP contribution is 2.30. The van der Waals surface area contributed by atoms with Gasteiger partial charge >= 0.3 is 0 Å². The summed E-state index contributed by atoms with van der Waals surface area (Å²) in [5, 5.41) is 3.52. The predicted molar refractivity (Wildman–Crippen MR) is 85.1 cm³/mol. The molecule has 1 aliphatic rings. The maximum absolute atomic E-state index is 13.8. The van der Waals surface area contributed by atoms with Crippen molar-refractivity contribution in [3.8, 4) is 0 Å². The highest BCUT2D eigenvalue weighted by atomic mass is 19.1. The number of halogens is 1. The zero-order valence-electron chi connectivity index (χ0n) is 12.5. The Morgan fingerprint density at radius 3 is 2.62 bits per heavy atom. The third-order valence-corrected chi connectivity index (χ3v) is 4.05. The van der Waals surface area contributed by atoms with Gasteiger partial charge in [0.1, 0.15) is 5.82 Å². The van der Waals surface area contributed by atoms with Crippen LogP contribution in [0.15, 0.2) is 48.5 Å². The van der Waals surface area contributed by atoms with E-state index in [-0.39, 0.29) is 11.9 Å². The average Bonchev–Trinajstić information content (AvgIpc) is 2.47. The number of piperazine rings is 1. The van der Waals surface area contributed by atoms with E-state index in [9.17, 15) is 4.39 Å². The summed E-state index contributed by atoms with van der Waals surface area (Å²) in [7, 11) is 0. The van der Waals surface area contributed by atoms with Gasteiger partial charge in [0.15, 0.2) is 0 Å². The molecule has 0 aliphatic carbocycles. The first kappa shape index (κ1) is 14.1. The van der Waals surface area contributed by atoms with Crippen LogP contribution in [0.25, 0.3) is 0 Å². The third kappa shape index (κ3) is 3.08. The van der Waals surface area contributed by atoms with Gasteiger partial charge in [0.2, 0.25) is 0 Å². The van der Waals surface area contributed by atoms with Crippen LogP contribution in [0.2, 0.25) is 0 Å². The quantitative estimate of drug-likeness (QED) is 0.905. The van der Waals surface area contributed by atoms with Crippen LogP contribution in [0.4, 0.5) is 10.1 Å². The molecule has 1 N–H and O–H groups in total. The van der Waals surface area contributed by atoms with Crippen LogP contribution < -0.4 is 10.2 Å². The summed E-state index contributed by atoms with van der Waals surface area (Å²) in [6.45, 7) is 5.86. The van der Waals surface area contributed by atoms with E-state index in [0.29, 0.717) is 6.04 Å². The van der Waals surface area contributed by atoms with Gasteiger partial charge in [-0.05, 0) is 43.2 Å². The number of anilines is 1. The van der Waals surface area contributed by atoms with Gasteiger partial charge in [0.25, 0.3) is 0 Å². The molecule has 2 aromatic carbocycles. The SMILES string of the molecule is Cc1cc(F)cc(N2CC(C)NCC2c2ccccc2)c1. The van der Waals surface area contributed by atoms with E-state index in [1.165, 1.54) is 5.56 Å². The highest BCUT2D eigenvalue weighted by Gasteiger charge is 2.27. The first-order valence-electron chi connectivity index (χ1n) is 7.45. The van der Waals surface area contributed by atoms with Crippen molar-refractivity contribution in [2.24, 2.45) is 0 Å².